The number of hydrogen-bond donors (Lipinski definition) is 2. The highest BCUT2D eigenvalue weighted by Gasteiger charge is 2.48. The minimum absolute atomic E-state index is 0.0824. The fourth-order valence-electron chi connectivity index (χ4n) is 2.83. The normalized spacial score (nSPS) is 12.1. The van der Waals surface area contributed by atoms with Crippen LogP contribution in [0.15, 0.2) is 30.3 Å². The van der Waals surface area contributed by atoms with Gasteiger partial charge in [-0.3, -0.25) is 0 Å². The van der Waals surface area contributed by atoms with Crippen molar-refractivity contribution < 1.29 is 57.8 Å². The average molecular weight is 518 g/mol. The number of hydrogen-bond acceptors (Lipinski definition) is 4. The van der Waals surface area contributed by atoms with Crippen LogP contribution in [0.25, 0.3) is 0 Å². The van der Waals surface area contributed by atoms with Crippen LogP contribution >= 0.6 is 0 Å². The van der Waals surface area contributed by atoms with E-state index in [1.165, 1.54) is 0 Å². The first-order valence-corrected chi connectivity index (χ1v) is 8.86. The van der Waals surface area contributed by atoms with Crippen molar-refractivity contribution in [2.75, 3.05) is 11.5 Å². The summed E-state index contributed by atoms with van der Waals surface area (Å²) in [6, 6.07) is 0.587. The Labute approximate surface area is 187 Å². The van der Waals surface area contributed by atoms with Gasteiger partial charge in [-0.1, -0.05) is 0 Å². The molecule has 0 unspecified atom stereocenters. The quantitative estimate of drug-likeness (QED) is 0.284. The number of alkyl halides is 6. The van der Waals surface area contributed by atoms with E-state index < -0.39 is 93.0 Å². The average Bonchev–Trinajstić information content (AvgIpc) is 2.70. The molecular formula is C20H9F11N2O2. The number of ether oxygens (including phenoxy) is 2. The summed E-state index contributed by atoms with van der Waals surface area (Å²) in [6.45, 7) is 0. The molecule has 3 rings (SSSR count). The van der Waals surface area contributed by atoms with Gasteiger partial charge in [0.2, 0.25) is 5.82 Å². The molecule has 0 saturated carbocycles. The molecule has 0 spiro atoms. The highest BCUT2D eigenvalue weighted by Crippen LogP contribution is 2.50. The smallest absolute Gasteiger partial charge is 0.420 e. The molecule has 35 heavy (non-hydrogen) atoms. The highest BCUT2D eigenvalue weighted by molar-refractivity contribution is 5.56. The van der Waals surface area contributed by atoms with Crippen LogP contribution in [-0.2, 0) is 12.4 Å². The largest absolute Gasteiger partial charge is 0.451 e. The molecule has 0 aliphatic carbocycles. The van der Waals surface area contributed by atoms with Crippen LogP contribution in [0.4, 0.5) is 59.7 Å². The second-order valence-electron chi connectivity index (χ2n) is 6.75. The van der Waals surface area contributed by atoms with E-state index in [9.17, 15) is 43.9 Å². The Morgan fingerprint density at radius 2 is 0.971 bits per heavy atom. The minimum Gasteiger partial charge on any atom is -0.451 e. The third kappa shape index (κ3) is 5.12. The maximum atomic E-state index is 15.1. The van der Waals surface area contributed by atoms with Crippen LogP contribution in [0, 0.1) is 29.1 Å². The van der Waals surface area contributed by atoms with E-state index in [0.29, 0.717) is 12.1 Å². The molecular weight excluding hydrogens is 509 g/mol. The maximum absolute atomic E-state index is 15.1. The van der Waals surface area contributed by atoms with Gasteiger partial charge in [0, 0.05) is 24.3 Å². The molecule has 3 aromatic rings. The number of anilines is 2. The topological polar surface area (TPSA) is 70.5 Å². The molecule has 0 saturated heterocycles. The number of benzene rings is 3. The Bertz CT molecular complexity index is 1300. The lowest BCUT2D eigenvalue weighted by atomic mass is 10.0. The fraction of sp³-hybridized carbons (Fsp3) is 0.100. The van der Waals surface area contributed by atoms with E-state index in [1.807, 2.05) is 0 Å². The first-order valence-electron chi connectivity index (χ1n) is 8.86. The fourth-order valence-corrected chi connectivity index (χ4v) is 2.83. The molecule has 4 nitrogen and oxygen atoms in total. The second-order valence-corrected chi connectivity index (χ2v) is 6.75. The molecule has 188 valence electrons. The summed E-state index contributed by atoms with van der Waals surface area (Å²) >= 11 is 0. The zero-order valence-corrected chi connectivity index (χ0v) is 16.5. The SMILES string of the molecule is Nc1cc(F)cc(Oc2cc(C(F)(F)F)c(C(F)(F)F)c(Oc3cc(F)cc(N)c3F)c2F)c1F. The summed E-state index contributed by atoms with van der Waals surface area (Å²) in [5.41, 5.74) is 2.90. The standard InChI is InChI=1S/C20H9F11N2O2/c21-6-1-9(32)15(23)11(3-6)34-13-5-8(19(26,27)28)14(20(29,30)31)18(17(13)25)35-12-4-7(22)2-10(33)16(12)24/h1-5H,32-33H2. The lowest BCUT2D eigenvalue weighted by molar-refractivity contribution is -0.163. The van der Waals surface area contributed by atoms with Crippen LogP contribution in [0.1, 0.15) is 11.1 Å². The Morgan fingerprint density at radius 3 is 1.40 bits per heavy atom. The van der Waals surface area contributed by atoms with E-state index in [0.717, 1.165) is 0 Å². The van der Waals surface area contributed by atoms with Crippen molar-refractivity contribution >= 4 is 11.4 Å². The van der Waals surface area contributed by atoms with Gasteiger partial charge < -0.3 is 20.9 Å². The van der Waals surface area contributed by atoms with Crippen molar-refractivity contribution in [2.45, 2.75) is 12.4 Å². The number of rotatable bonds is 4. The van der Waals surface area contributed by atoms with Gasteiger partial charge in [-0.25, -0.2) is 17.6 Å². The third-order valence-corrected chi connectivity index (χ3v) is 4.27. The van der Waals surface area contributed by atoms with Crippen molar-refractivity contribution in [3.63, 3.8) is 0 Å². The molecule has 0 heterocycles. The molecule has 3 aromatic carbocycles. The van der Waals surface area contributed by atoms with Crippen LogP contribution in [0.5, 0.6) is 23.0 Å². The minimum atomic E-state index is -5.97. The summed E-state index contributed by atoms with van der Waals surface area (Å²) in [4.78, 5) is 0. The molecule has 0 radical (unpaired) electrons. The number of nitrogen functional groups attached to an aromatic ring is 2. The zero-order valence-electron chi connectivity index (χ0n) is 16.5. The Kier molecular flexibility index (Phi) is 6.39. The van der Waals surface area contributed by atoms with Gasteiger partial charge in [0.25, 0.3) is 0 Å². The monoisotopic (exact) mass is 518 g/mol. The Morgan fingerprint density at radius 1 is 0.543 bits per heavy atom. The Balaban J connectivity index is 2.34. The summed E-state index contributed by atoms with van der Waals surface area (Å²) < 4.78 is 161. The predicted molar refractivity (Wildman–Crippen MR) is 98.1 cm³/mol. The molecule has 0 aliphatic heterocycles. The molecule has 0 bridgehead atoms. The number of halogens is 11. The molecule has 0 fully saturated rings. The first kappa shape index (κ1) is 25.7. The van der Waals surface area contributed by atoms with Gasteiger partial charge in [-0.05, 0) is 6.07 Å². The molecule has 15 heteroatoms. The van der Waals surface area contributed by atoms with Gasteiger partial charge in [0.1, 0.15) is 17.2 Å². The van der Waals surface area contributed by atoms with Crippen molar-refractivity contribution in [1.29, 1.82) is 0 Å². The second kappa shape index (κ2) is 8.70. The lowest BCUT2D eigenvalue weighted by Crippen LogP contribution is -2.19. The molecule has 0 atom stereocenters. The van der Waals surface area contributed by atoms with Crippen LogP contribution in [0.2, 0.25) is 0 Å². The van der Waals surface area contributed by atoms with Gasteiger partial charge in [-0.2, -0.15) is 30.7 Å². The van der Waals surface area contributed by atoms with Gasteiger partial charge >= 0.3 is 12.4 Å². The number of nitrogens with two attached hydrogens (primary N) is 2. The lowest BCUT2D eigenvalue weighted by Gasteiger charge is -2.22. The van der Waals surface area contributed by atoms with Gasteiger partial charge in [-0.15, -0.1) is 0 Å². The van der Waals surface area contributed by atoms with E-state index in [2.05, 4.69) is 9.47 Å². The molecule has 0 aromatic heterocycles. The molecule has 4 N–H and O–H groups in total. The van der Waals surface area contributed by atoms with Gasteiger partial charge in [0.15, 0.2) is 34.6 Å². The third-order valence-electron chi connectivity index (χ3n) is 4.27. The predicted octanol–water partition coefficient (Wildman–Crippen LogP) is 7.17. The molecule has 0 aliphatic rings. The summed E-state index contributed by atoms with van der Waals surface area (Å²) in [7, 11) is 0. The van der Waals surface area contributed by atoms with Crippen LogP contribution < -0.4 is 20.9 Å². The van der Waals surface area contributed by atoms with E-state index in [1.54, 1.807) is 0 Å². The summed E-state index contributed by atoms with van der Waals surface area (Å²) in [5.74, 6) is -15.2. The van der Waals surface area contributed by atoms with E-state index in [4.69, 9.17) is 11.5 Å². The zero-order chi connectivity index (χ0) is 26.5. The highest BCUT2D eigenvalue weighted by atomic mass is 19.4. The van der Waals surface area contributed by atoms with Crippen molar-refractivity contribution in [1.82, 2.24) is 0 Å². The Hall–Kier alpha value is -3.91. The van der Waals surface area contributed by atoms with Crippen molar-refractivity contribution in [2.24, 2.45) is 0 Å². The van der Waals surface area contributed by atoms with Crippen LogP contribution in [-0.4, -0.2) is 0 Å². The van der Waals surface area contributed by atoms with E-state index >= 15 is 4.39 Å². The van der Waals surface area contributed by atoms with E-state index in [-0.39, 0.29) is 12.1 Å². The van der Waals surface area contributed by atoms with Crippen LogP contribution in [0.3, 0.4) is 0 Å². The maximum Gasteiger partial charge on any atom is 0.420 e. The molecule has 0 amide bonds. The van der Waals surface area contributed by atoms with Crippen molar-refractivity contribution in [3.8, 4) is 23.0 Å². The summed E-state index contributed by atoms with van der Waals surface area (Å²) in [5, 5.41) is 0. The summed E-state index contributed by atoms with van der Waals surface area (Å²) in [6.07, 6.45) is -11.8. The first-order chi connectivity index (χ1) is 16.0. The van der Waals surface area contributed by atoms with Crippen molar-refractivity contribution in [3.05, 3.63) is 70.5 Å². The van der Waals surface area contributed by atoms with Gasteiger partial charge in [0.05, 0.1) is 16.9 Å².